The number of anilines is 1. The lowest BCUT2D eigenvalue weighted by Crippen LogP contribution is -2.57. The van der Waals surface area contributed by atoms with E-state index in [1.54, 1.807) is 37.4 Å². The lowest BCUT2D eigenvalue weighted by atomic mass is 10.00. The lowest BCUT2D eigenvalue weighted by Gasteiger charge is -2.47. The Bertz CT molecular complexity index is 1420. The molecule has 0 saturated carbocycles. The van der Waals surface area contributed by atoms with Crippen LogP contribution in [0.1, 0.15) is 38.1 Å². The monoisotopic (exact) mass is 481 g/mol. The number of nitriles is 1. The molecule has 1 fully saturated rings. The molecule has 0 radical (unpaired) electrons. The molecule has 35 heavy (non-hydrogen) atoms. The van der Waals surface area contributed by atoms with Gasteiger partial charge >= 0.3 is 6.29 Å². The second-order valence-corrected chi connectivity index (χ2v) is 9.20. The number of nitrogens with zero attached hydrogens (tertiary/aromatic N) is 5. The predicted molar refractivity (Wildman–Crippen MR) is 126 cm³/mol. The molecule has 0 amide bonds. The molecule has 0 aliphatic carbocycles. The van der Waals surface area contributed by atoms with E-state index in [1.807, 2.05) is 6.92 Å². The predicted octanol–water partition coefficient (Wildman–Crippen LogP) is 3.79. The average Bonchev–Trinajstić information content (AvgIpc) is 3.14. The third-order valence-electron chi connectivity index (χ3n) is 6.93. The van der Waals surface area contributed by atoms with Crippen LogP contribution in [-0.4, -0.2) is 45.9 Å². The number of aromatic nitrogens is 2. The Morgan fingerprint density at radius 2 is 1.86 bits per heavy atom. The fourth-order valence-corrected chi connectivity index (χ4v) is 5.04. The Balaban J connectivity index is 1.44. The summed E-state index contributed by atoms with van der Waals surface area (Å²) in [6, 6.07) is 11.9. The maximum Gasteiger partial charge on any atom is 0.586 e. The zero-order valence-electron chi connectivity index (χ0n) is 19.8. The van der Waals surface area contributed by atoms with Crippen LogP contribution in [0.4, 0.5) is 14.5 Å². The van der Waals surface area contributed by atoms with Crippen molar-refractivity contribution < 1.29 is 18.3 Å². The quantitative estimate of drug-likeness (QED) is 0.563. The molecule has 182 valence electrons. The number of hydrogen-bond donors (Lipinski definition) is 0. The molecule has 8 nitrogen and oxygen atoms in total. The van der Waals surface area contributed by atoms with Gasteiger partial charge in [0.1, 0.15) is 17.3 Å². The van der Waals surface area contributed by atoms with Crippen molar-refractivity contribution in [3.8, 4) is 17.6 Å². The van der Waals surface area contributed by atoms with Gasteiger partial charge in [-0.05, 0) is 50.6 Å². The van der Waals surface area contributed by atoms with Gasteiger partial charge in [-0.3, -0.25) is 9.69 Å². The summed E-state index contributed by atoms with van der Waals surface area (Å²) in [5.41, 5.74) is 2.97. The van der Waals surface area contributed by atoms with E-state index >= 15 is 0 Å². The first-order valence-electron chi connectivity index (χ1n) is 11.4. The molecule has 2 aliphatic rings. The summed E-state index contributed by atoms with van der Waals surface area (Å²) >= 11 is 0. The number of rotatable bonds is 3. The van der Waals surface area contributed by atoms with Crippen LogP contribution in [0.2, 0.25) is 0 Å². The topological polar surface area (TPSA) is 83.6 Å². The van der Waals surface area contributed by atoms with Gasteiger partial charge in [0.15, 0.2) is 11.5 Å². The second-order valence-electron chi connectivity index (χ2n) is 9.20. The van der Waals surface area contributed by atoms with Gasteiger partial charge in [0.05, 0.1) is 11.2 Å². The van der Waals surface area contributed by atoms with Crippen LogP contribution in [0, 0.1) is 11.3 Å². The highest BCUT2D eigenvalue weighted by molar-refractivity contribution is 5.89. The fourth-order valence-electron chi connectivity index (χ4n) is 5.04. The molecular weight excluding hydrogens is 456 g/mol. The van der Waals surface area contributed by atoms with E-state index in [0.717, 1.165) is 5.56 Å². The number of hydrogen-bond acceptors (Lipinski definition) is 7. The lowest BCUT2D eigenvalue weighted by molar-refractivity contribution is -0.286. The minimum absolute atomic E-state index is 0.0230. The first-order chi connectivity index (χ1) is 16.6. The van der Waals surface area contributed by atoms with Gasteiger partial charge in [-0.15, -0.1) is 8.78 Å². The molecule has 5 rings (SSSR count). The SMILES string of the molecule is CC1CN(c2cc(=O)n(C)c3ccc(C#N)nc23)[C@@H](C)CN1C(C)c1ccc2c(c1)OC(F)(F)O2. The van der Waals surface area contributed by atoms with Crippen molar-refractivity contribution in [1.82, 2.24) is 14.5 Å². The van der Waals surface area contributed by atoms with Gasteiger partial charge in [-0.2, -0.15) is 5.26 Å². The summed E-state index contributed by atoms with van der Waals surface area (Å²) in [6.07, 6.45) is -3.65. The van der Waals surface area contributed by atoms with Gasteiger partial charge in [-0.25, -0.2) is 4.98 Å². The summed E-state index contributed by atoms with van der Waals surface area (Å²) in [5.74, 6) is 0.0589. The molecular formula is C25H25F2N5O3. The Morgan fingerprint density at radius 1 is 1.11 bits per heavy atom. The number of fused-ring (bicyclic) bond motifs is 2. The average molecular weight is 482 g/mol. The number of ether oxygens (including phenoxy) is 2. The Labute approximate surface area is 200 Å². The summed E-state index contributed by atoms with van der Waals surface area (Å²) in [4.78, 5) is 21.7. The van der Waals surface area contributed by atoms with Crippen LogP contribution >= 0.6 is 0 Å². The van der Waals surface area contributed by atoms with Crippen LogP contribution in [0.5, 0.6) is 11.5 Å². The molecule has 0 spiro atoms. The summed E-state index contributed by atoms with van der Waals surface area (Å²) in [6.45, 7) is 7.48. The van der Waals surface area contributed by atoms with Gasteiger partial charge < -0.3 is 18.9 Å². The molecule has 0 N–H and O–H groups in total. The van der Waals surface area contributed by atoms with E-state index in [4.69, 9.17) is 0 Å². The standard InChI is InChI=1S/C25H25F2N5O3/c1-14-13-32(20-10-23(33)30(4)19-7-6-18(11-28)29-24(19)20)15(2)12-31(14)16(3)17-5-8-21-22(9-17)35-25(26,27)34-21/h5-10,14-16H,12-13H2,1-4H3/t14?,15-,16?/m0/s1. The Hall–Kier alpha value is -3.71. The van der Waals surface area contributed by atoms with Crippen molar-refractivity contribution in [2.75, 3.05) is 18.0 Å². The van der Waals surface area contributed by atoms with Crippen LogP contribution < -0.4 is 19.9 Å². The maximum absolute atomic E-state index is 13.4. The number of benzene rings is 1. The molecule has 1 aromatic carbocycles. The molecule has 10 heteroatoms. The van der Waals surface area contributed by atoms with Crippen molar-refractivity contribution in [2.24, 2.45) is 7.05 Å². The maximum atomic E-state index is 13.4. The Morgan fingerprint density at radius 3 is 2.60 bits per heavy atom. The Kier molecular flexibility index (Phi) is 5.40. The number of halogens is 2. The van der Waals surface area contributed by atoms with Gasteiger partial charge in [0.2, 0.25) is 0 Å². The summed E-state index contributed by atoms with van der Waals surface area (Å²) < 4.78 is 37.6. The fraction of sp³-hybridized carbons (Fsp3) is 0.400. The largest absolute Gasteiger partial charge is 0.586 e. The third kappa shape index (κ3) is 3.96. The molecule has 1 saturated heterocycles. The van der Waals surface area contributed by atoms with Crippen molar-refractivity contribution >= 4 is 16.7 Å². The van der Waals surface area contributed by atoms with Gasteiger partial charge in [0, 0.05) is 44.3 Å². The first kappa shape index (κ1) is 23.1. The number of alkyl halides is 2. The second kappa shape index (κ2) is 8.20. The van der Waals surface area contributed by atoms with Crippen molar-refractivity contribution in [3.63, 3.8) is 0 Å². The molecule has 4 heterocycles. The van der Waals surface area contributed by atoms with E-state index < -0.39 is 6.29 Å². The van der Waals surface area contributed by atoms with E-state index in [2.05, 4.69) is 44.2 Å². The number of pyridine rings is 2. The molecule has 2 aromatic heterocycles. The van der Waals surface area contributed by atoms with E-state index in [9.17, 15) is 18.8 Å². The van der Waals surface area contributed by atoms with E-state index in [1.165, 1.54) is 10.6 Å². The summed E-state index contributed by atoms with van der Waals surface area (Å²) in [7, 11) is 1.69. The highest BCUT2D eigenvalue weighted by Gasteiger charge is 2.44. The van der Waals surface area contributed by atoms with E-state index in [0.29, 0.717) is 35.5 Å². The van der Waals surface area contributed by atoms with Crippen LogP contribution in [0.3, 0.4) is 0 Å². The molecule has 2 aliphatic heterocycles. The third-order valence-corrected chi connectivity index (χ3v) is 6.93. The van der Waals surface area contributed by atoms with Crippen molar-refractivity contribution in [1.29, 1.82) is 5.26 Å². The minimum Gasteiger partial charge on any atom is -0.395 e. The summed E-state index contributed by atoms with van der Waals surface area (Å²) in [5, 5.41) is 9.35. The zero-order chi connectivity index (χ0) is 25.1. The normalized spacial score (nSPS) is 22.3. The molecule has 3 atom stereocenters. The van der Waals surface area contributed by atoms with Crippen molar-refractivity contribution in [3.05, 3.63) is 58.0 Å². The van der Waals surface area contributed by atoms with Crippen LogP contribution in [-0.2, 0) is 7.05 Å². The smallest absolute Gasteiger partial charge is 0.395 e. The van der Waals surface area contributed by atoms with Crippen LogP contribution in [0.25, 0.3) is 11.0 Å². The van der Waals surface area contributed by atoms with Crippen LogP contribution in [0.15, 0.2) is 41.2 Å². The molecule has 0 bridgehead atoms. The zero-order valence-corrected chi connectivity index (χ0v) is 19.8. The molecule has 2 unspecified atom stereocenters. The highest BCUT2D eigenvalue weighted by atomic mass is 19.3. The first-order valence-corrected chi connectivity index (χ1v) is 11.4. The molecule has 3 aromatic rings. The highest BCUT2D eigenvalue weighted by Crippen LogP contribution is 2.43. The minimum atomic E-state index is -3.65. The van der Waals surface area contributed by atoms with Crippen molar-refractivity contribution in [2.45, 2.75) is 45.2 Å². The number of aryl methyl sites for hydroxylation is 1. The number of piperazine rings is 1. The van der Waals surface area contributed by atoms with Gasteiger partial charge in [-0.1, -0.05) is 6.07 Å². The van der Waals surface area contributed by atoms with E-state index in [-0.39, 0.29) is 35.2 Å². The van der Waals surface area contributed by atoms with Gasteiger partial charge in [0.25, 0.3) is 5.56 Å².